The summed E-state index contributed by atoms with van der Waals surface area (Å²) in [4.78, 5) is 15.1. The topological polar surface area (TPSA) is 32.3 Å². The van der Waals surface area contributed by atoms with E-state index in [0.717, 1.165) is 0 Å². The van der Waals surface area contributed by atoms with Gasteiger partial charge < -0.3 is 4.90 Å². The van der Waals surface area contributed by atoms with Gasteiger partial charge in [-0.2, -0.15) is 0 Å². The Kier molecular flexibility index (Phi) is 2.25. The van der Waals surface area contributed by atoms with Gasteiger partial charge in [-0.3, -0.25) is 10.1 Å². The summed E-state index contributed by atoms with van der Waals surface area (Å²) in [6, 6.07) is 4.63. The number of nitrogens with one attached hydrogen (secondary N) is 1. The first kappa shape index (κ1) is 9.36. The molecule has 1 atom stereocenters. The summed E-state index contributed by atoms with van der Waals surface area (Å²) in [5.74, 6) is 0.262. The lowest BCUT2D eigenvalue weighted by atomic mass is 9.91. The van der Waals surface area contributed by atoms with Crippen molar-refractivity contribution in [1.82, 2.24) is 10.2 Å². The van der Waals surface area contributed by atoms with Gasteiger partial charge in [0.2, 0.25) is 5.91 Å². The van der Waals surface area contributed by atoms with Crippen LogP contribution in [0.3, 0.4) is 0 Å². The first-order valence-electron chi connectivity index (χ1n) is 5.44. The molecular weight excluding hydrogens is 208 g/mol. The van der Waals surface area contributed by atoms with Crippen LogP contribution in [0.4, 0.5) is 0 Å². The number of amides is 1. The average molecular weight is 222 g/mol. The second-order valence-electron chi connectivity index (χ2n) is 4.18. The Morgan fingerprint density at radius 2 is 2.33 bits per heavy atom. The fourth-order valence-electron chi connectivity index (χ4n) is 2.28. The van der Waals surface area contributed by atoms with Crippen molar-refractivity contribution in [2.75, 3.05) is 6.54 Å². The van der Waals surface area contributed by atoms with E-state index >= 15 is 0 Å². The second kappa shape index (κ2) is 3.61. The molecule has 15 heavy (non-hydrogen) atoms. The van der Waals surface area contributed by atoms with E-state index in [1.807, 2.05) is 6.07 Å². The van der Waals surface area contributed by atoms with Crippen LogP contribution in [0.1, 0.15) is 30.3 Å². The van der Waals surface area contributed by atoms with Crippen LogP contribution in [0, 0.1) is 0 Å². The molecule has 1 unspecified atom stereocenters. The monoisotopic (exact) mass is 222 g/mol. The van der Waals surface area contributed by atoms with Crippen LogP contribution in [-0.4, -0.2) is 23.4 Å². The van der Waals surface area contributed by atoms with Crippen molar-refractivity contribution in [2.45, 2.75) is 31.5 Å². The van der Waals surface area contributed by atoms with Crippen LogP contribution < -0.4 is 5.32 Å². The van der Waals surface area contributed by atoms with Gasteiger partial charge in [-0.1, -0.05) is 6.07 Å². The predicted octanol–water partition coefficient (Wildman–Crippen LogP) is 1.73. The average Bonchev–Trinajstić information content (AvgIpc) is 2.74. The fraction of sp³-hybridized carbons (Fsp3) is 0.545. The number of hydrogen-bond donors (Lipinski definition) is 1. The minimum atomic E-state index is 0.141. The van der Waals surface area contributed by atoms with Gasteiger partial charge in [-0.05, 0) is 30.7 Å². The summed E-state index contributed by atoms with van der Waals surface area (Å²) in [5.41, 5.74) is 0. The summed E-state index contributed by atoms with van der Waals surface area (Å²) in [6.45, 7) is 0.499. The Labute approximate surface area is 93.1 Å². The second-order valence-corrected chi connectivity index (χ2v) is 5.16. The number of rotatable bonds is 2. The van der Waals surface area contributed by atoms with Crippen LogP contribution in [-0.2, 0) is 4.79 Å². The maximum absolute atomic E-state index is 11.8. The predicted molar refractivity (Wildman–Crippen MR) is 59.5 cm³/mol. The summed E-state index contributed by atoms with van der Waals surface area (Å²) >= 11 is 1.72. The molecule has 1 saturated carbocycles. The van der Waals surface area contributed by atoms with Gasteiger partial charge in [0.15, 0.2) is 0 Å². The van der Waals surface area contributed by atoms with Gasteiger partial charge in [0.1, 0.15) is 6.17 Å². The van der Waals surface area contributed by atoms with E-state index < -0.39 is 0 Å². The van der Waals surface area contributed by atoms with Crippen LogP contribution in [0.5, 0.6) is 0 Å². The maximum Gasteiger partial charge on any atom is 0.238 e. The van der Waals surface area contributed by atoms with Gasteiger partial charge in [-0.25, -0.2) is 0 Å². The van der Waals surface area contributed by atoms with Crippen molar-refractivity contribution in [1.29, 1.82) is 0 Å². The summed E-state index contributed by atoms with van der Waals surface area (Å²) in [7, 11) is 0. The van der Waals surface area contributed by atoms with E-state index in [1.54, 1.807) is 11.3 Å². The molecule has 1 aliphatic carbocycles. The zero-order valence-corrected chi connectivity index (χ0v) is 9.30. The standard InChI is InChI=1S/C11H14N2OS/c14-10-7-12-11(9-5-2-6-15-9)13(10)8-3-1-4-8/h2,5-6,8,11-12H,1,3-4,7H2. The Morgan fingerprint density at radius 1 is 1.47 bits per heavy atom. The largest absolute Gasteiger partial charge is 0.318 e. The molecule has 0 aromatic carbocycles. The molecule has 3 nitrogen and oxygen atoms in total. The van der Waals surface area contributed by atoms with Gasteiger partial charge in [0.25, 0.3) is 0 Å². The highest BCUT2D eigenvalue weighted by molar-refractivity contribution is 7.10. The molecule has 0 radical (unpaired) electrons. The molecule has 1 saturated heterocycles. The summed E-state index contributed by atoms with van der Waals surface area (Å²) in [6.07, 6.45) is 3.76. The molecule has 80 valence electrons. The Morgan fingerprint density at radius 3 is 2.93 bits per heavy atom. The van der Waals surface area contributed by atoms with Crippen molar-refractivity contribution in [2.24, 2.45) is 0 Å². The smallest absolute Gasteiger partial charge is 0.238 e. The normalized spacial score (nSPS) is 27.1. The van der Waals surface area contributed by atoms with E-state index in [0.29, 0.717) is 12.6 Å². The van der Waals surface area contributed by atoms with Gasteiger partial charge in [0, 0.05) is 10.9 Å². The highest BCUT2D eigenvalue weighted by atomic mass is 32.1. The van der Waals surface area contributed by atoms with E-state index in [4.69, 9.17) is 0 Å². The Balaban J connectivity index is 1.85. The van der Waals surface area contributed by atoms with Gasteiger partial charge in [-0.15, -0.1) is 11.3 Å². The van der Waals surface area contributed by atoms with Crippen molar-refractivity contribution in [3.05, 3.63) is 22.4 Å². The zero-order chi connectivity index (χ0) is 10.3. The number of carbonyl (C=O) groups excluding carboxylic acids is 1. The lowest BCUT2D eigenvalue weighted by molar-refractivity contribution is -0.132. The van der Waals surface area contributed by atoms with Crippen molar-refractivity contribution in [3.63, 3.8) is 0 Å². The molecule has 4 heteroatoms. The summed E-state index contributed by atoms with van der Waals surface area (Å²) in [5, 5.41) is 5.36. The van der Waals surface area contributed by atoms with Gasteiger partial charge >= 0.3 is 0 Å². The molecule has 3 rings (SSSR count). The third-order valence-electron chi connectivity index (χ3n) is 3.29. The Bertz CT molecular complexity index is 359. The molecule has 2 heterocycles. The van der Waals surface area contributed by atoms with Crippen LogP contribution in [0.15, 0.2) is 17.5 Å². The van der Waals surface area contributed by atoms with E-state index in [2.05, 4.69) is 21.7 Å². The quantitative estimate of drug-likeness (QED) is 0.826. The molecule has 0 bridgehead atoms. The first-order valence-corrected chi connectivity index (χ1v) is 6.32. The first-order chi connectivity index (χ1) is 7.36. The number of thiophene rings is 1. The van der Waals surface area contributed by atoms with Crippen LogP contribution in [0.25, 0.3) is 0 Å². The molecule has 1 aliphatic heterocycles. The van der Waals surface area contributed by atoms with E-state index in [1.165, 1.54) is 24.1 Å². The number of hydrogen-bond acceptors (Lipinski definition) is 3. The lowest BCUT2D eigenvalue weighted by Gasteiger charge is -2.37. The molecule has 1 aromatic heterocycles. The van der Waals surface area contributed by atoms with Gasteiger partial charge in [0.05, 0.1) is 6.54 Å². The van der Waals surface area contributed by atoms with E-state index in [-0.39, 0.29) is 12.1 Å². The molecule has 0 spiro atoms. The molecule has 2 fully saturated rings. The van der Waals surface area contributed by atoms with E-state index in [9.17, 15) is 4.79 Å². The number of carbonyl (C=O) groups is 1. The highest BCUT2D eigenvalue weighted by Gasteiger charge is 2.39. The van der Waals surface area contributed by atoms with Crippen molar-refractivity contribution < 1.29 is 4.79 Å². The maximum atomic E-state index is 11.8. The molecule has 1 N–H and O–H groups in total. The van der Waals surface area contributed by atoms with Crippen LogP contribution in [0.2, 0.25) is 0 Å². The highest BCUT2D eigenvalue weighted by Crippen LogP contribution is 2.34. The summed E-state index contributed by atoms with van der Waals surface area (Å²) < 4.78 is 0. The molecule has 1 amide bonds. The number of nitrogens with zero attached hydrogens (tertiary/aromatic N) is 1. The molecular formula is C11H14N2OS. The lowest BCUT2D eigenvalue weighted by Crippen LogP contribution is -2.43. The minimum absolute atomic E-state index is 0.141. The fourth-order valence-corrected chi connectivity index (χ4v) is 3.08. The third-order valence-corrected chi connectivity index (χ3v) is 4.22. The van der Waals surface area contributed by atoms with Crippen molar-refractivity contribution >= 4 is 17.2 Å². The molecule has 2 aliphatic rings. The molecule has 1 aromatic rings. The third kappa shape index (κ3) is 1.48. The minimum Gasteiger partial charge on any atom is -0.318 e. The van der Waals surface area contributed by atoms with Crippen LogP contribution >= 0.6 is 11.3 Å². The van der Waals surface area contributed by atoms with Crippen molar-refractivity contribution in [3.8, 4) is 0 Å². The Hall–Kier alpha value is -0.870. The zero-order valence-electron chi connectivity index (χ0n) is 8.48. The SMILES string of the molecule is O=C1CNC(c2cccs2)N1C1CCC1.